The molecule has 0 saturated heterocycles. The second kappa shape index (κ2) is 5.29. The maximum atomic E-state index is 11.0. The van der Waals surface area contributed by atoms with Crippen molar-refractivity contribution in [3.63, 3.8) is 0 Å². The molecule has 0 aromatic heterocycles. The van der Waals surface area contributed by atoms with E-state index in [1.165, 1.54) is 6.08 Å². The van der Waals surface area contributed by atoms with Crippen molar-refractivity contribution in [1.29, 1.82) is 0 Å². The molecule has 1 aromatic carbocycles. The van der Waals surface area contributed by atoms with Gasteiger partial charge in [0.25, 0.3) is 0 Å². The van der Waals surface area contributed by atoms with Gasteiger partial charge in [0.05, 0.1) is 12.1 Å². The number of nitrogens with one attached hydrogen (secondary N) is 1. The molecule has 15 heavy (non-hydrogen) atoms. The van der Waals surface area contributed by atoms with Crippen molar-refractivity contribution in [2.75, 3.05) is 0 Å². The van der Waals surface area contributed by atoms with Crippen LogP contribution >= 0.6 is 11.8 Å². The van der Waals surface area contributed by atoms with Crippen molar-refractivity contribution in [2.45, 2.75) is 13.3 Å². The summed E-state index contributed by atoms with van der Waals surface area (Å²) in [6, 6.07) is 5.09. The van der Waals surface area contributed by atoms with Crippen LogP contribution in [0.1, 0.15) is 11.1 Å². The number of carbonyl (C=O) groups is 1. The van der Waals surface area contributed by atoms with Crippen LogP contribution in [0.25, 0.3) is 0 Å². The Hall–Kier alpha value is -1.64. The van der Waals surface area contributed by atoms with E-state index in [1.807, 2.05) is 11.8 Å². The van der Waals surface area contributed by atoms with Crippen molar-refractivity contribution in [3.8, 4) is 0 Å². The summed E-state index contributed by atoms with van der Waals surface area (Å²) in [5.41, 5.74) is 2.25. The molecule has 0 aliphatic heterocycles. The lowest BCUT2D eigenvalue weighted by molar-refractivity contribution is -0.118. The van der Waals surface area contributed by atoms with Crippen molar-refractivity contribution >= 4 is 29.5 Å². The quantitative estimate of drug-likeness (QED) is 0.483. The van der Waals surface area contributed by atoms with Crippen LogP contribution < -0.4 is 4.84 Å². The molecule has 0 bridgehead atoms. The predicted octanol–water partition coefficient (Wildman–Crippen LogP) is 1.77. The zero-order valence-electron chi connectivity index (χ0n) is 8.08. The van der Waals surface area contributed by atoms with E-state index >= 15 is 0 Å². The van der Waals surface area contributed by atoms with Crippen LogP contribution in [0.4, 0.5) is 5.69 Å². The highest BCUT2D eigenvalue weighted by atomic mass is 35.5. The highest BCUT2D eigenvalue weighted by Crippen LogP contribution is 2.17. The molecule has 0 heterocycles. The van der Waals surface area contributed by atoms with E-state index < -0.39 is 0 Å². The summed E-state index contributed by atoms with van der Waals surface area (Å²) in [6.07, 6.45) is 1.67. The Morgan fingerprint density at radius 1 is 1.60 bits per heavy atom. The molecule has 0 aliphatic carbocycles. The third-order valence-electron chi connectivity index (χ3n) is 1.96. The average Bonchev–Trinajstić information content (AvgIpc) is 2.22. The lowest BCUT2D eigenvalue weighted by Crippen LogP contribution is -2.15. The van der Waals surface area contributed by atoms with E-state index in [0.29, 0.717) is 5.69 Å². The van der Waals surface area contributed by atoms with Gasteiger partial charge < -0.3 is 0 Å². The van der Waals surface area contributed by atoms with E-state index in [2.05, 4.69) is 4.99 Å². The van der Waals surface area contributed by atoms with Gasteiger partial charge in [-0.3, -0.25) is 9.63 Å². The largest absolute Gasteiger partial charge is 0.273 e. The number of carbonyl (C=O) groups excluding carboxylic acids is 2. The second-order valence-corrected chi connectivity index (χ2v) is 3.20. The second-order valence-electron chi connectivity index (χ2n) is 3.01. The van der Waals surface area contributed by atoms with Crippen LogP contribution in [0.15, 0.2) is 23.2 Å². The van der Waals surface area contributed by atoms with Gasteiger partial charge in [0.2, 0.25) is 12.0 Å². The van der Waals surface area contributed by atoms with Gasteiger partial charge in [-0.05, 0) is 30.2 Å². The highest BCUT2D eigenvalue weighted by molar-refractivity contribution is 6.21. The van der Waals surface area contributed by atoms with E-state index in [4.69, 9.17) is 11.8 Å². The van der Waals surface area contributed by atoms with Crippen LogP contribution in [0, 0.1) is 6.92 Å². The molecule has 1 aromatic rings. The number of amides is 1. The fourth-order valence-corrected chi connectivity index (χ4v) is 1.27. The van der Waals surface area contributed by atoms with E-state index in [-0.39, 0.29) is 12.3 Å². The van der Waals surface area contributed by atoms with Crippen LogP contribution in [0.3, 0.4) is 0 Å². The van der Waals surface area contributed by atoms with E-state index in [1.54, 1.807) is 18.2 Å². The Kier molecular flexibility index (Phi) is 4.03. The summed E-state index contributed by atoms with van der Waals surface area (Å²) in [7, 11) is 0. The number of isocyanates is 1. The van der Waals surface area contributed by atoms with E-state index in [0.717, 1.165) is 11.1 Å². The molecular formula is C10H9ClN2O2. The highest BCUT2D eigenvalue weighted by Gasteiger charge is 2.05. The fraction of sp³-hybridized carbons (Fsp3) is 0.200. The first-order valence-electron chi connectivity index (χ1n) is 4.24. The number of aryl methyl sites for hydroxylation is 1. The Bertz CT molecular complexity index is 425. The number of hydrogen-bond acceptors (Lipinski definition) is 3. The number of benzene rings is 1. The maximum Gasteiger partial charge on any atom is 0.240 e. The van der Waals surface area contributed by atoms with Crippen LogP contribution in [-0.2, 0) is 16.0 Å². The Morgan fingerprint density at radius 2 is 2.33 bits per heavy atom. The lowest BCUT2D eigenvalue weighted by atomic mass is 10.0. The van der Waals surface area contributed by atoms with Crippen molar-refractivity contribution in [1.82, 2.24) is 4.84 Å². The number of nitrogens with zero attached hydrogens (tertiary/aromatic N) is 1. The van der Waals surface area contributed by atoms with Gasteiger partial charge in [0.15, 0.2) is 0 Å². The van der Waals surface area contributed by atoms with Crippen molar-refractivity contribution in [2.24, 2.45) is 4.99 Å². The van der Waals surface area contributed by atoms with Crippen LogP contribution in [0.2, 0.25) is 0 Å². The smallest absolute Gasteiger partial charge is 0.240 e. The average molecular weight is 225 g/mol. The summed E-state index contributed by atoms with van der Waals surface area (Å²) in [4.78, 5) is 26.5. The van der Waals surface area contributed by atoms with Gasteiger partial charge in [-0.1, -0.05) is 6.07 Å². The minimum Gasteiger partial charge on any atom is -0.273 e. The Labute approximate surface area is 92.1 Å². The summed E-state index contributed by atoms with van der Waals surface area (Å²) in [5.74, 6) is -0.272. The first-order valence-corrected chi connectivity index (χ1v) is 4.62. The van der Waals surface area contributed by atoms with E-state index in [9.17, 15) is 9.59 Å². The molecule has 0 atom stereocenters. The lowest BCUT2D eigenvalue weighted by Gasteiger charge is -2.04. The number of halogens is 1. The first-order chi connectivity index (χ1) is 7.17. The summed E-state index contributed by atoms with van der Waals surface area (Å²) >= 11 is 5.17. The molecule has 0 radical (unpaired) electrons. The molecule has 0 saturated carbocycles. The zero-order valence-corrected chi connectivity index (χ0v) is 8.84. The standard InChI is InChI=1S/C10H9ClN2O2/c1-7-4-9(12-6-14)3-2-8(7)5-10(15)13-11/h2-4H,5H2,1H3,(H,13,15). The molecule has 0 fully saturated rings. The molecule has 1 rings (SSSR count). The molecule has 1 amide bonds. The topological polar surface area (TPSA) is 58.5 Å². The normalized spacial score (nSPS) is 9.20. The SMILES string of the molecule is Cc1cc(N=C=O)ccc1CC(=O)NCl. The minimum atomic E-state index is -0.272. The van der Waals surface area contributed by atoms with Gasteiger partial charge in [0.1, 0.15) is 0 Å². The summed E-state index contributed by atoms with van der Waals surface area (Å²) in [5, 5.41) is 0. The molecule has 0 unspecified atom stereocenters. The molecule has 78 valence electrons. The van der Waals surface area contributed by atoms with Gasteiger partial charge in [-0.2, -0.15) is 4.99 Å². The number of rotatable bonds is 3. The fourth-order valence-electron chi connectivity index (χ4n) is 1.21. The molecular weight excluding hydrogens is 216 g/mol. The molecule has 1 N–H and O–H groups in total. The Balaban J connectivity index is 2.92. The third-order valence-corrected chi connectivity index (χ3v) is 2.17. The van der Waals surface area contributed by atoms with Gasteiger partial charge in [0, 0.05) is 11.8 Å². The zero-order chi connectivity index (χ0) is 11.3. The van der Waals surface area contributed by atoms with Crippen molar-refractivity contribution in [3.05, 3.63) is 29.3 Å². The predicted molar refractivity (Wildman–Crippen MR) is 56.7 cm³/mol. The number of aliphatic imine (C=N–C) groups is 1. The first kappa shape index (κ1) is 11.4. The molecule has 0 spiro atoms. The van der Waals surface area contributed by atoms with Crippen LogP contribution in [-0.4, -0.2) is 12.0 Å². The molecule has 0 aliphatic rings. The summed E-state index contributed by atoms with van der Waals surface area (Å²) in [6.45, 7) is 1.83. The number of hydrogen-bond donors (Lipinski definition) is 1. The van der Waals surface area contributed by atoms with Gasteiger partial charge >= 0.3 is 0 Å². The van der Waals surface area contributed by atoms with Gasteiger partial charge in [-0.15, -0.1) is 0 Å². The van der Waals surface area contributed by atoms with Crippen molar-refractivity contribution < 1.29 is 9.59 Å². The minimum absolute atomic E-state index is 0.209. The van der Waals surface area contributed by atoms with Gasteiger partial charge in [-0.25, -0.2) is 4.79 Å². The third kappa shape index (κ3) is 3.20. The Morgan fingerprint density at radius 3 is 2.87 bits per heavy atom. The van der Waals surface area contributed by atoms with Crippen LogP contribution in [0.5, 0.6) is 0 Å². The molecule has 5 heteroatoms. The summed E-state index contributed by atoms with van der Waals surface area (Å²) < 4.78 is 0. The monoisotopic (exact) mass is 224 g/mol. The molecule has 4 nitrogen and oxygen atoms in total. The maximum absolute atomic E-state index is 11.0.